The van der Waals surface area contributed by atoms with Crippen molar-refractivity contribution in [2.45, 2.75) is 102 Å². The van der Waals surface area contributed by atoms with Crippen molar-refractivity contribution in [3.05, 3.63) is 102 Å². The van der Waals surface area contributed by atoms with Crippen molar-refractivity contribution < 1.29 is 38.2 Å². The molecule has 61 heavy (non-hydrogen) atoms. The fourth-order valence-corrected chi connectivity index (χ4v) is 7.41. The number of ether oxygens (including phenoxy) is 2. The summed E-state index contributed by atoms with van der Waals surface area (Å²) in [7, 11) is 1.22. The number of nitrogens with zero attached hydrogens (tertiary/aromatic N) is 1. The molecule has 326 valence electrons. The van der Waals surface area contributed by atoms with Crippen molar-refractivity contribution in [2.24, 2.45) is 5.73 Å². The number of aromatic nitrogens is 1. The van der Waals surface area contributed by atoms with Gasteiger partial charge in [-0.1, -0.05) is 66.7 Å². The largest absolute Gasteiger partial charge is 0.469 e. The molecular formula is C45H58N8O8. The average Bonchev–Trinajstić information content (AvgIpc) is 3.62. The number of rotatable bonds is 18. The molecule has 8 N–H and O–H groups in total. The fourth-order valence-electron chi connectivity index (χ4n) is 7.41. The third-order valence-corrected chi connectivity index (χ3v) is 10.5. The first-order chi connectivity index (χ1) is 29.1. The molecule has 5 atom stereocenters. The maximum atomic E-state index is 14.6. The minimum atomic E-state index is -1.11. The number of unbranched alkanes of at least 4 members (excludes halogenated alkanes) is 1. The Morgan fingerprint density at radius 1 is 0.918 bits per heavy atom. The van der Waals surface area contributed by atoms with E-state index in [0.717, 1.165) is 27.6 Å². The van der Waals surface area contributed by atoms with E-state index in [9.17, 15) is 28.8 Å². The molecule has 1 aromatic heterocycles. The summed E-state index contributed by atoms with van der Waals surface area (Å²) in [6, 6.07) is 19.1. The number of fused-ring (bicyclic) bond motifs is 1. The first-order valence-corrected chi connectivity index (χ1v) is 20.5. The molecule has 0 unspecified atom stereocenters. The molecular weight excluding hydrogens is 781 g/mol. The number of para-hydroxylation sites is 2. The number of aromatic amines is 1. The topological polar surface area (TPSA) is 226 Å². The Hall–Kier alpha value is -6.42. The van der Waals surface area contributed by atoms with E-state index in [4.69, 9.17) is 15.2 Å². The summed E-state index contributed by atoms with van der Waals surface area (Å²) in [6.45, 7) is 7.34. The van der Waals surface area contributed by atoms with Crippen molar-refractivity contribution in [3.8, 4) is 0 Å². The highest BCUT2D eigenvalue weighted by molar-refractivity contribution is 5.93. The van der Waals surface area contributed by atoms with Gasteiger partial charge in [0.05, 0.1) is 19.6 Å². The van der Waals surface area contributed by atoms with Gasteiger partial charge >= 0.3 is 18.1 Å². The molecule has 4 aromatic rings. The number of hydrogen-bond donors (Lipinski definition) is 7. The smallest absolute Gasteiger partial charge is 0.408 e. The van der Waals surface area contributed by atoms with E-state index in [2.05, 4.69) is 31.6 Å². The van der Waals surface area contributed by atoms with E-state index >= 15 is 0 Å². The molecule has 5 rings (SSSR count). The van der Waals surface area contributed by atoms with Gasteiger partial charge in [-0.3, -0.25) is 24.5 Å². The van der Waals surface area contributed by atoms with E-state index in [1.54, 1.807) is 27.0 Å². The number of primary amides is 1. The Balaban J connectivity index is 1.42. The zero-order chi connectivity index (χ0) is 44.1. The van der Waals surface area contributed by atoms with Gasteiger partial charge in [0.1, 0.15) is 17.7 Å². The molecule has 0 bridgehead atoms. The maximum absolute atomic E-state index is 14.6. The second kappa shape index (κ2) is 21.2. The Morgan fingerprint density at radius 2 is 1.62 bits per heavy atom. The molecule has 1 aliphatic heterocycles. The lowest BCUT2D eigenvalue weighted by Gasteiger charge is -2.44. The summed E-state index contributed by atoms with van der Waals surface area (Å²) in [4.78, 5) is 85.0. The van der Waals surface area contributed by atoms with Gasteiger partial charge in [0.25, 0.3) is 0 Å². The average molecular weight is 839 g/mol. The molecule has 1 aliphatic rings. The van der Waals surface area contributed by atoms with Crippen LogP contribution in [-0.2, 0) is 41.5 Å². The van der Waals surface area contributed by atoms with Crippen LogP contribution < -0.4 is 32.3 Å². The van der Waals surface area contributed by atoms with Gasteiger partial charge in [0.2, 0.25) is 17.7 Å². The van der Waals surface area contributed by atoms with Gasteiger partial charge in [-0.2, -0.15) is 0 Å². The van der Waals surface area contributed by atoms with Crippen molar-refractivity contribution in [1.29, 1.82) is 0 Å². The van der Waals surface area contributed by atoms with Crippen molar-refractivity contribution in [3.63, 3.8) is 0 Å². The van der Waals surface area contributed by atoms with Crippen LogP contribution in [0.25, 0.3) is 10.9 Å². The van der Waals surface area contributed by atoms with Crippen LogP contribution in [0.5, 0.6) is 0 Å². The number of urea groups is 1. The monoisotopic (exact) mass is 838 g/mol. The summed E-state index contributed by atoms with van der Waals surface area (Å²) < 4.78 is 10.5. The lowest BCUT2D eigenvalue weighted by Crippen LogP contribution is -2.69. The summed E-state index contributed by atoms with van der Waals surface area (Å²) >= 11 is 0. The molecule has 2 heterocycles. The Bertz CT molecular complexity index is 2150. The third-order valence-electron chi connectivity index (χ3n) is 10.5. The second-order valence-electron chi connectivity index (χ2n) is 16.3. The highest BCUT2D eigenvalue weighted by Gasteiger charge is 2.43. The van der Waals surface area contributed by atoms with Crippen LogP contribution in [0.4, 0.5) is 15.3 Å². The first kappa shape index (κ1) is 45.7. The van der Waals surface area contributed by atoms with Gasteiger partial charge in [0.15, 0.2) is 0 Å². The summed E-state index contributed by atoms with van der Waals surface area (Å²) in [5.41, 5.74) is 9.16. The zero-order valence-corrected chi connectivity index (χ0v) is 35.4. The normalized spacial score (nSPS) is 16.8. The third kappa shape index (κ3) is 13.3. The summed E-state index contributed by atoms with van der Waals surface area (Å²) in [5, 5.41) is 15.8. The molecule has 0 aliphatic carbocycles. The van der Waals surface area contributed by atoms with Crippen LogP contribution in [0, 0.1) is 6.92 Å². The standard InChI is InChI=1S/C45H58N8O8/c1-28-15-9-11-19-32(28)51-43(58)47-22-14-13-21-34(50-41(56)35(52-44(59)61-45(2,3)4)24-30-26-48-33-20-12-10-18-31(30)33)37-27-53(42(57)36(49-37)25-39(54)60-5)38(40(46)55)23-29-16-7-6-8-17-29/h6-12,15-20,26,34-38,48-49H,13-14,21-25,27H2,1-5H3,(H2,46,55)(H,50,56)(H,52,59)(H2,47,51,58)/t34-,35-,36-,37-,38-/m0/s1. The highest BCUT2D eigenvalue weighted by Crippen LogP contribution is 2.23. The van der Waals surface area contributed by atoms with Gasteiger partial charge in [-0.25, -0.2) is 9.59 Å². The SMILES string of the molecule is COC(=O)C[C@@H]1N[C@H]([C@H](CCCCNC(=O)Nc2ccccc2C)NC(=O)[C@H](Cc2c[nH]c3ccccc23)NC(=O)OC(C)(C)C)CN([C@@H](Cc2ccccc2)C(N)=O)C1=O. The van der Waals surface area contributed by atoms with Crippen molar-refractivity contribution in [1.82, 2.24) is 31.2 Å². The van der Waals surface area contributed by atoms with E-state index in [1.807, 2.05) is 85.8 Å². The van der Waals surface area contributed by atoms with Gasteiger partial charge < -0.3 is 46.4 Å². The van der Waals surface area contributed by atoms with Crippen LogP contribution in [-0.4, -0.2) is 102 Å². The number of H-pyrrole nitrogens is 1. The number of benzene rings is 3. The van der Waals surface area contributed by atoms with E-state index in [1.165, 1.54) is 12.0 Å². The predicted molar refractivity (Wildman–Crippen MR) is 231 cm³/mol. The number of carbonyl (C=O) groups excluding carboxylic acids is 6. The molecule has 0 spiro atoms. The summed E-state index contributed by atoms with van der Waals surface area (Å²) in [5.74, 6) is -2.42. The number of nitrogens with one attached hydrogen (secondary N) is 6. The van der Waals surface area contributed by atoms with E-state index < -0.39 is 65.6 Å². The van der Waals surface area contributed by atoms with Gasteiger partial charge in [-0.05, 0) is 75.8 Å². The molecule has 0 radical (unpaired) electrons. The number of methoxy groups -OCH3 is 1. The number of esters is 1. The zero-order valence-electron chi connectivity index (χ0n) is 35.4. The minimum absolute atomic E-state index is 0.0500. The van der Waals surface area contributed by atoms with E-state index in [-0.39, 0.29) is 31.8 Å². The van der Waals surface area contributed by atoms with E-state index in [0.29, 0.717) is 31.5 Å². The molecule has 1 saturated heterocycles. The Morgan fingerprint density at radius 3 is 2.33 bits per heavy atom. The number of anilines is 1. The highest BCUT2D eigenvalue weighted by atomic mass is 16.6. The molecule has 0 saturated carbocycles. The lowest BCUT2D eigenvalue weighted by molar-refractivity contribution is -0.150. The molecule has 1 fully saturated rings. The number of nitrogens with two attached hydrogens (primary N) is 1. The first-order valence-electron chi connectivity index (χ1n) is 20.5. The van der Waals surface area contributed by atoms with Crippen LogP contribution in [0.15, 0.2) is 85.1 Å². The Labute approximate surface area is 356 Å². The lowest BCUT2D eigenvalue weighted by atomic mass is 9.93. The van der Waals surface area contributed by atoms with Gasteiger partial charge in [-0.15, -0.1) is 0 Å². The fraction of sp³-hybridized carbons (Fsp3) is 0.422. The number of aryl methyl sites for hydroxylation is 1. The molecule has 16 nitrogen and oxygen atoms in total. The molecule has 3 aromatic carbocycles. The number of amides is 6. The van der Waals surface area contributed by atoms with Crippen LogP contribution in [0.2, 0.25) is 0 Å². The van der Waals surface area contributed by atoms with Crippen LogP contribution >= 0.6 is 0 Å². The van der Waals surface area contributed by atoms with Crippen LogP contribution in [0.3, 0.4) is 0 Å². The minimum Gasteiger partial charge on any atom is -0.469 e. The van der Waals surface area contributed by atoms with Crippen LogP contribution in [0.1, 0.15) is 63.1 Å². The summed E-state index contributed by atoms with van der Waals surface area (Å²) in [6.07, 6.45) is 2.25. The molecule has 16 heteroatoms. The number of hydrogen-bond acceptors (Lipinski definition) is 9. The maximum Gasteiger partial charge on any atom is 0.408 e. The quantitative estimate of drug-likeness (QED) is 0.0562. The second-order valence-corrected chi connectivity index (χ2v) is 16.3. The number of carbonyl (C=O) groups is 6. The molecule has 6 amide bonds. The Kier molecular flexibility index (Phi) is 15.9. The predicted octanol–water partition coefficient (Wildman–Crippen LogP) is 4.22. The number of alkyl carbamates (subject to hydrolysis) is 1. The van der Waals surface area contributed by atoms with Gasteiger partial charge in [0, 0.05) is 60.8 Å². The number of piperazine rings is 1. The van der Waals surface area contributed by atoms with Crippen molar-refractivity contribution >= 4 is 52.4 Å². The van der Waals surface area contributed by atoms with Crippen molar-refractivity contribution in [2.75, 3.05) is 25.5 Å².